The van der Waals surface area contributed by atoms with Crippen LogP contribution in [-0.2, 0) is 14.9 Å². The molecule has 25 heavy (non-hydrogen) atoms. The summed E-state index contributed by atoms with van der Waals surface area (Å²) in [6.45, 7) is 0.194. The number of carbonyl (C=O) groups excluding carboxylic acids is 1. The molecule has 2 heterocycles. The molecule has 2 unspecified atom stereocenters. The number of aromatic nitrogens is 2. The Balaban J connectivity index is 2.05. The summed E-state index contributed by atoms with van der Waals surface area (Å²) in [5.41, 5.74) is 1.43. The zero-order valence-corrected chi connectivity index (χ0v) is 15.4. The van der Waals surface area contributed by atoms with Gasteiger partial charge in [-0.25, -0.2) is 4.98 Å². The zero-order valence-electron chi connectivity index (χ0n) is 14.6. The Kier molecular flexibility index (Phi) is 5.34. The molecule has 134 valence electrons. The molecule has 0 saturated heterocycles. The monoisotopic (exact) mass is 360 g/mol. The lowest BCUT2D eigenvalue weighted by atomic mass is 9.67. The minimum Gasteiger partial charge on any atom is -0.460 e. The average molecular weight is 360 g/mol. The number of rotatable bonds is 5. The molecule has 2 aromatic heterocycles. The van der Waals surface area contributed by atoms with Crippen molar-refractivity contribution >= 4 is 28.8 Å². The van der Waals surface area contributed by atoms with Gasteiger partial charge in [0.15, 0.2) is 0 Å². The van der Waals surface area contributed by atoms with E-state index in [0.717, 1.165) is 36.9 Å². The van der Waals surface area contributed by atoms with Crippen molar-refractivity contribution in [1.29, 1.82) is 0 Å². The third kappa shape index (κ3) is 3.26. The van der Waals surface area contributed by atoms with E-state index in [1.807, 2.05) is 23.7 Å². The summed E-state index contributed by atoms with van der Waals surface area (Å²) in [6.07, 6.45) is 9.19. The SMILES string of the molecule is CNCC(=O)OC1CCCCC1(C(=S)NC)c1ccc2nccn2c1. The van der Waals surface area contributed by atoms with Crippen molar-refractivity contribution < 1.29 is 9.53 Å². The number of hydrogen-bond donors (Lipinski definition) is 2. The maximum Gasteiger partial charge on any atom is 0.320 e. The molecule has 0 radical (unpaired) electrons. The molecule has 1 aliphatic rings. The molecule has 2 N–H and O–H groups in total. The number of imidazole rings is 1. The van der Waals surface area contributed by atoms with Crippen LogP contribution in [0, 0.1) is 0 Å². The fraction of sp³-hybridized carbons (Fsp3) is 0.500. The van der Waals surface area contributed by atoms with Crippen LogP contribution in [0.3, 0.4) is 0 Å². The van der Waals surface area contributed by atoms with Crippen molar-refractivity contribution in [3.63, 3.8) is 0 Å². The molecule has 2 atom stereocenters. The summed E-state index contributed by atoms with van der Waals surface area (Å²) >= 11 is 5.72. The number of pyridine rings is 1. The Morgan fingerprint density at radius 1 is 1.44 bits per heavy atom. The van der Waals surface area contributed by atoms with Crippen LogP contribution in [0.4, 0.5) is 0 Å². The number of likely N-dealkylation sites (N-methyl/N-ethyl adjacent to an activating group) is 2. The van der Waals surface area contributed by atoms with E-state index in [0.29, 0.717) is 4.99 Å². The van der Waals surface area contributed by atoms with Gasteiger partial charge in [-0.2, -0.15) is 0 Å². The number of ether oxygens (including phenoxy) is 1. The molecule has 3 rings (SSSR count). The summed E-state index contributed by atoms with van der Waals surface area (Å²) in [5, 5.41) is 6.00. The third-order valence-electron chi connectivity index (χ3n) is 4.97. The first-order valence-corrected chi connectivity index (χ1v) is 9.02. The average Bonchev–Trinajstić information content (AvgIpc) is 3.09. The summed E-state index contributed by atoms with van der Waals surface area (Å²) in [6, 6.07) is 4.03. The maximum atomic E-state index is 12.1. The number of thiocarbonyl (C=S) groups is 1. The third-order valence-corrected chi connectivity index (χ3v) is 5.54. The molecule has 1 fully saturated rings. The molecule has 0 amide bonds. The topological polar surface area (TPSA) is 67.7 Å². The second-order valence-corrected chi connectivity index (χ2v) is 6.82. The highest BCUT2D eigenvalue weighted by Crippen LogP contribution is 2.42. The number of carbonyl (C=O) groups is 1. The molecule has 0 aliphatic heterocycles. The Labute approximate surface area is 153 Å². The largest absolute Gasteiger partial charge is 0.460 e. The second-order valence-electron chi connectivity index (χ2n) is 6.42. The van der Waals surface area contributed by atoms with E-state index >= 15 is 0 Å². The molecule has 1 saturated carbocycles. The highest BCUT2D eigenvalue weighted by atomic mass is 32.1. The molecule has 1 aliphatic carbocycles. The predicted octanol–water partition coefficient (Wildman–Crippen LogP) is 1.82. The van der Waals surface area contributed by atoms with Crippen LogP contribution in [0.5, 0.6) is 0 Å². The Bertz CT molecular complexity index is 775. The fourth-order valence-electron chi connectivity index (χ4n) is 3.77. The highest BCUT2D eigenvalue weighted by Gasteiger charge is 2.48. The summed E-state index contributed by atoms with van der Waals surface area (Å²) in [5.74, 6) is -0.249. The van der Waals surface area contributed by atoms with Gasteiger partial charge in [-0.15, -0.1) is 0 Å². The number of hydrogen-bond acceptors (Lipinski definition) is 5. The first kappa shape index (κ1) is 17.8. The van der Waals surface area contributed by atoms with Gasteiger partial charge < -0.3 is 19.8 Å². The Hall–Kier alpha value is -1.99. The standard InChI is InChI=1S/C18H24N4O2S/c1-19-11-16(23)24-14-5-3-4-8-18(14,17(25)20-2)13-6-7-15-21-9-10-22(15)12-13/h6-7,9-10,12,14,19H,3-5,8,11H2,1-2H3,(H,20,25). The van der Waals surface area contributed by atoms with Gasteiger partial charge in [0.25, 0.3) is 0 Å². The first-order chi connectivity index (χ1) is 12.1. The van der Waals surface area contributed by atoms with Crippen LogP contribution < -0.4 is 10.6 Å². The van der Waals surface area contributed by atoms with Crippen LogP contribution >= 0.6 is 12.2 Å². The van der Waals surface area contributed by atoms with Crippen molar-refractivity contribution in [3.8, 4) is 0 Å². The van der Waals surface area contributed by atoms with Gasteiger partial charge in [-0.3, -0.25) is 4.79 Å². The quantitative estimate of drug-likeness (QED) is 0.626. The summed E-state index contributed by atoms with van der Waals surface area (Å²) in [4.78, 5) is 17.2. The minimum absolute atomic E-state index is 0.194. The normalized spacial score (nSPS) is 23.4. The Morgan fingerprint density at radius 3 is 3.04 bits per heavy atom. The first-order valence-electron chi connectivity index (χ1n) is 8.61. The van der Waals surface area contributed by atoms with Crippen molar-refractivity contribution in [2.45, 2.75) is 37.2 Å². The van der Waals surface area contributed by atoms with Crippen LogP contribution in [0.2, 0.25) is 0 Å². The van der Waals surface area contributed by atoms with Crippen molar-refractivity contribution in [2.75, 3.05) is 20.6 Å². The van der Waals surface area contributed by atoms with Gasteiger partial charge >= 0.3 is 5.97 Å². The van der Waals surface area contributed by atoms with E-state index < -0.39 is 5.41 Å². The lowest BCUT2D eigenvalue weighted by Gasteiger charge is -2.44. The molecular formula is C18H24N4O2S. The molecule has 6 nitrogen and oxygen atoms in total. The van der Waals surface area contributed by atoms with Gasteiger partial charge in [-0.1, -0.05) is 24.7 Å². The Morgan fingerprint density at radius 2 is 2.28 bits per heavy atom. The fourth-order valence-corrected chi connectivity index (χ4v) is 4.12. The van der Waals surface area contributed by atoms with Crippen LogP contribution in [0.25, 0.3) is 5.65 Å². The van der Waals surface area contributed by atoms with E-state index in [2.05, 4.69) is 27.9 Å². The van der Waals surface area contributed by atoms with Crippen LogP contribution in [0.1, 0.15) is 31.2 Å². The van der Waals surface area contributed by atoms with Gasteiger partial charge in [0.2, 0.25) is 0 Å². The zero-order chi connectivity index (χ0) is 17.9. The molecule has 0 spiro atoms. The maximum absolute atomic E-state index is 12.1. The second kappa shape index (κ2) is 7.49. The number of esters is 1. The number of fused-ring (bicyclic) bond motifs is 1. The number of nitrogens with one attached hydrogen (secondary N) is 2. The van der Waals surface area contributed by atoms with Crippen molar-refractivity contribution in [1.82, 2.24) is 20.0 Å². The van der Waals surface area contributed by atoms with E-state index in [-0.39, 0.29) is 18.6 Å². The van der Waals surface area contributed by atoms with Crippen molar-refractivity contribution in [3.05, 3.63) is 36.3 Å². The van der Waals surface area contributed by atoms with Gasteiger partial charge in [-0.05, 0) is 37.9 Å². The lowest BCUT2D eigenvalue weighted by molar-refractivity contribution is -0.151. The van der Waals surface area contributed by atoms with Crippen molar-refractivity contribution in [2.24, 2.45) is 0 Å². The minimum atomic E-state index is -0.510. The van der Waals surface area contributed by atoms with E-state index in [1.54, 1.807) is 13.2 Å². The molecule has 2 aromatic rings. The predicted molar refractivity (Wildman–Crippen MR) is 101 cm³/mol. The van der Waals surface area contributed by atoms with Gasteiger partial charge in [0.1, 0.15) is 11.8 Å². The van der Waals surface area contributed by atoms with E-state index in [1.165, 1.54) is 0 Å². The van der Waals surface area contributed by atoms with E-state index in [9.17, 15) is 4.79 Å². The molecule has 7 heteroatoms. The van der Waals surface area contributed by atoms with E-state index in [4.69, 9.17) is 17.0 Å². The summed E-state index contributed by atoms with van der Waals surface area (Å²) < 4.78 is 7.85. The smallest absolute Gasteiger partial charge is 0.320 e. The summed E-state index contributed by atoms with van der Waals surface area (Å²) in [7, 11) is 3.57. The number of nitrogens with zero attached hydrogens (tertiary/aromatic N) is 2. The highest BCUT2D eigenvalue weighted by molar-refractivity contribution is 7.80. The van der Waals surface area contributed by atoms with Crippen LogP contribution in [-0.4, -0.2) is 47.1 Å². The van der Waals surface area contributed by atoms with Crippen LogP contribution in [0.15, 0.2) is 30.7 Å². The van der Waals surface area contributed by atoms with Gasteiger partial charge in [0, 0.05) is 25.6 Å². The molecular weight excluding hydrogens is 336 g/mol. The van der Waals surface area contributed by atoms with Gasteiger partial charge in [0.05, 0.1) is 16.9 Å². The lowest BCUT2D eigenvalue weighted by Crippen LogP contribution is -2.54. The molecule has 0 aromatic carbocycles. The molecule has 0 bridgehead atoms.